The van der Waals surface area contributed by atoms with Crippen LogP contribution in [0.4, 0.5) is 0 Å². The van der Waals surface area contributed by atoms with Crippen molar-refractivity contribution in [2.75, 3.05) is 6.26 Å². The van der Waals surface area contributed by atoms with Crippen molar-refractivity contribution in [3.63, 3.8) is 0 Å². The predicted molar refractivity (Wildman–Crippen MR) is 75.9 cm³/mol. The highest BCUT2D eigenvalue weighted by molar-refractivity contribution is 7.98. The van der Waals surface area contributed by atoms with Crippen molar-refractivity contribution >= 4 is 23.4 Å². The van der Waals surface area contributed by atoms with E-state index in [0.29, 0.717) is 11.8 Å². The molecule has 0 aromatic heterocycles. The lowest BCUT2D eigenvalue weighted by Crippen LogP contribution is -1.99. The van der Waals surface area contributed by atoms with Gasteiger partial charge in [-0.15, -0.1) is 11.8 Å². The highest BCUT2D eigenvalue weighted by atomic mass is 35.5. The van der Waals surface area contributed by atoms with E-state index in [0.717, 1.165) is 11.4 Å². The quantitative estimate of drug-likeness (QED) is 0.652. The van der Waals surface area contributed by atoms with Crippen LogP contribution in [0.3, 0.4) is 0 Å². The molecule has 0 aliphatic rings. The molecule has 0 aliphatic carbocycles. The molecule has 1 rings (SSSR count). The Bertz CT molecular complexity index is 356. The second kappa shape index (κ2) is 5.97. The van der Waals surface area contributed by atoms with E-state index < -0.39 is 0 Å². The lowest BCUT2D eigenvalue weighted by molar-refractivity contribution is 0.645. The first-order chi connectivity index (χ1) is 7.45. The maximum absolute atomic E-state index is 6.34. The molecule has 0 aliphatic heterocycles. The van der Waals surface area contributed by atoms with Crippen LogP contribution in [0.25, 0.3) is 0 Å². The molecule has 0 spiro atoms. The van der Waals surface area contributed by atoms with Gasteiger partial charge in [0.1, 0.15) is 0 Å². The Morgan fingerprint density at radius 1 is 1.19 bits per heavy atom. The van der Waals surface area contributed by atoms with Crippen molar-refractivity contribution in [3.8, 4) is 0 Å². The lowest BCUT2D eigenvalue weighted by atomic mass is 9.97. The monoisotopic (exact) mass is 256 g/mol. The van der Waals surface area contributed by atoms with Crippen LogP contribution in [-0.2, 0) is 6.42 Å². The van der Waals surface area contributed by atoms with Crippen LogP contribution >= 0.6 is 23.4 Å². The van der Waals surface area contributed by atoms with E-state index in [2.05, 4.69) is 46.1 Å². The van der Waals surface area contributed by atoms with Crippen LogP contribution in [0.5, 0.6) is 0 Å². The average molecular weight is 257 g/mol. The van der Waals surface area contributed by atoms with Crippen LogP contribution in [0.15, 0.2) is 17.0 Å². The molecule has 2 heteroatoms. The van der Waals surface area contributed by atoms with E-state index in [4.69, 9.17) is 11.6 Å². The van der Waals surface area contributed by atoms with Crippen LogP contribution in [-0.4, -0.2) is 6.26 Å². The number of benzene rings is 1. The van der Waals surface area contributed by atoms with Gasteiger partial charge in [-0.2, -0.15) is 0 Å². The van der Waals surface area contributed by atoms with E-state index in [9.17, 15) is 0 Å². The number of hydrogen-bond donors (Lipinski definition) is 0. The molecule has 1 aromatic rings. The second-order valence-corrected chi connectivity index (χ2v) is 6.19. The van der Waals surface area contributed by atoms with Crippen molar-refractivity contribution in [3.05, 3.63) is 28.3 Å². The van der Waals surface area contributed by atoms with Crippen LogP contribution < -0.4 is 0 Å². The van der Waals surface area contributed by atoms with Gasteiger partial charge in [-0.1, -0.05) is 39.3 Å². The summed E-state index contributed by atoms with van der Waals surface area (Å²) >= 11 is 8.15. The highest BCUT2D eigenvalue weighted by Crippen LogP contribution is 2.33. The summed E-state index contributed by atoms with van der Waals surface area (Å²) in [6.07, 6.45) is 3.19. The molecule has 0 atom stereocenters. The third-order valence-corrected chi connectivity index (χ3v) is 3.79. The number of halogens is 1. The van der Waals surface area contributed by atoms with Gasteiger partial charge in [0.25, 0.3) is 0 Å². The Morgan fingerprint density at radius 2 is 1.81 bits per heavy atom. The SMILES string of the molecule is CSc1cc(CC(C)C)c(Cl)cc1C(C)C. The summed E-state index contributed by atoms with van der Waals surface area (Å²) < 4.78 is 0. The number of thioether (sulfide) groups is 1. The van der Waals surface area contributed by atoms with Crippen molar-refractivity contribution in [1.82, 2.24) is 0 Å². The van der Waals surface area contributed by atoms with E-state index in [-0.39, 0.29) is 0 Å². The molecule has 1 aromatic carbocycles. The fraction of sp³-hybridized carbons (Fsp3) is 0.571. The maximum Gasteiger partial charge on any atom is 0.0441 e. The molecule has 0 fully saturated rings. The predicted octanol–water partition coefficient (Wildman–Crippen LogP) is 5.38. The van der Waals surface area contributed by atoms with E-state index >= 15 is 0 Å². The summed E-state index contributed by atoms with van der Waals surface area (Å²) in [4.78, 5) is 1.37. The molecular weight excluding hydrogens is 236 g/mol. The molecule has 0 nitrogen and oxygen atoms in total. The molecule has 0 saturated heterocycles. The van der Waals surface area contributed by atoms with Gasteiger partial charge in [0, 0.05) is 9.92 Å². The zero-order valence-electron chi connectivity index (χ0n) is 10.8. The molecule has 0 saturated carbocycles. The van der Waals surface area contributed by atoms with Crippen LogP contribution in [0.2, 0.25) is 5.02 Å². The van der Waals surface area contributed by atoms with E-state index in [1.807, 2.05) is 11.8 Å². The topological polar surface area (TPSA) is 0 Å². The standard InChI is InChI=1S/C14H21ClS/c1-9(2)6-11-7-14(16-5)12(10(3)4)8-13(11)15/h7-10H,6H2,1-5H3. The van der Waals surface area contributed by atoms with Crippen molar-refractivity contribution in [2.45, 2.75) is 44.9 Å². The van der Waals surface area contributed by atoms with Crippen molar-refractivity contribution in [2.24, 2.45) is 5.92 Å². The summed E-state index contributed by atoms with van der Waals surface area (Å²) in [6, 6.07) is 4.41. The smallest absolute Gasteiger partial charge is 0.0441 e. The minimum absolute atomic E-state index is 0.535. The Hall–Kier alpha value is -0.140. The van der Waals surface area contributed by atoms with Gasteiger partial charge in [0.05, 0.1) is 0 Å². The Labute approximate surface area is 109 Å². The largest absolute Gasteiger partial charge is 0.129 e. The fourth-order valence-electron chi connectivity index (χ4n) is 1.84. The maximum atomic E-state index is 6.34. The normalized spacial score (nSPS) is 11.5. The van der Waals surface area contributed by atoms with Gasteiger partial charge >= 0.3 is 0 Å². The van der Waals surface area contributed by atoms with Crippen molar-refractivity contribution in [1.29, 1.82) is 0 Å². The summed E-state index contributed by atoms with van der Waals surface area (Å²) in [5, 5.41) is 0.926. The highest BCUT2D eigenvalue weighted by Gasteiger charge is 2.11. The molecule has 0 bridgehead atoms. The molecule has 90 valence electrons. The first kappa shape index (κ1) is 13.9. The molecule has 0 unspecified atom stereocenters. The number of rotatable bonds is 4. The number of hydrogen-bond acceptors (Lipinski definition) is 1. The fourth-order valence-corrected chi connectivity index (χ4v) is 2.87. The summed E-state index contributed by atoms with van der Waals surface area (Å²) in [6.45, 7) is 8.89. The van der Waals surface area contributed by atoms with Gasteiger partial charge in [-0.25, -0.2) is 0 Å². The Balaban J connectivity index is 3.15. The molecule has 0 radical (unpaired) electrons. The third kappa shape index (κ3) is 3.43. The molecule has 0 N–H and O–H groups in total. The van der Waals surface area contributed by atoms with Gasteiger partial charge in [0.2, 0.25) is 0 Å². The zero-order chi connectivity index (χ0) is 12.3. The minimum Gasteiger partial charge on any atom is -0.129 e. The summed E-state index contributed by atoms with van der Waals surface area (Å²) in [7, 11) is 0. The van der Waals surface area contributed by atoms with E-state index in [1.54, 1.807) is 0 Å². The molecule has 16 heavy (non-hydrogen) atoms. The van der Waals surface area contributed by atoms with E-state index in [1.165, 1.54) is 16.0 Å². The second-order valence-electron chi connectivity index (χ2n) is 4.94. The third-order valence-electron chi connectivity index (χ3n) is 2.65. The van der Waals surface area contributed by atoms with Crippen LogP contribution in [0, 0.1) is 5.92 Å². The average Bonchev–Trinajstić information content (AvgIpc) is 2.19. The van der Waals surface area contributed by atoms with Gasteiger partial charge < -0.3 is 0 Å². The lowest BCUT2D eigenvalue weighted by Gasteiger charge is -2.15. The first-order valence-electron chi connectivity index (χ1n) is 5.82. The Kier molecular flexibility index (Phi) is 5.20. The molecular formula is C14H21ClS. The molecule has 0 amide bonds. The zero-order valence-corrected chi connectivity index (χ0v) is 12.4. The first-order valence-corrected chi connectivity index (χ1v) is 7.42. The van der Waals surface area contributed by atoms with Gasteiger partial charge in [0.15, 0.2) is 0 Å². The van der Waals surface area contributed by atoms with Crippen LogP contribution in [0.1, 0.15) is 44.7 Å². The molecule has 0 heterocycles. The minimum atomic E-state index is 0.535. The van der Waals surface area contributed by atoms with Gasteiger partial charge in [-0.05, 0) is 47.8 Å². The van der Waals surface area contributed by atoms with Gasteiger partial charge in [-0.3, -0.25) is 0 Å². The summed E-state index contributed by atoms with van der Waals surface area (Å²) in [5.41, 5.74) is 2.65. The van der Waals surface area contributed by atoms with Crippen molar-refractivity contribution < 1.29 is 0 Å². The Morgan fingerprint density at radius 3 is 2.25 bits per heavy atom. The summed E-state index contributed by atoms with van der Waals surface area (Å²) in [5.74, 6) is 1.19.